The van der Waals surface area contributed by atoms with Gasteiger partial charge in [0.1, 0.15) is 18.8 Å². The molecule has 13 heteroatoms. The highest BCUT2D eigenvalue weighted by Gasteiger charge is 2.71. The highest BCUT2D eigenvalue weighted by Crippen LogP contribution is 2.70. The van der Waals surface area contributed by atoms with E-state index in [4.69, 9.17) is 33.2 Å². The molecule has 4 saturated carbocycles. The van der Waals surface area contributed by atoms with Crippen LogP contribution in [0.4, 0.5) is 0 Å². The molecule has 0 bridgehead atoms. The molecule has 13 nitrogen and oxygen atoms in total. The highest BCUT2D eigenvalue weighted by molar-refractivity contribution is 5.85. The van der Waals surface area contributed by atoms with Gasteiger partial charge in [-0.25, -0.2) is 4.79 Å². The molecule has 0 spiro atoms. The molecule has 5 unspecified atom stereocenters. The van der Waals surface area contributed by atoms with Crippen molar-refractivity contribution >= 4 is 5.97 Å². The van der Waals surface area contributed by atoms with E-state index in [1.807, 2.05) is 20.8 Å². The maximum atomic E-state index is 12.6. The number of carbonyl (C=O) groups is 1. The summed E-state index contributed by atoms with van der Waals surface area (Å²) < 4.78 is 43.0. The number of nitrogens with zero attached hydrogens (tertiary/aromatic N) is 1. The molecular weight excluding hydrogens is 710 g/mol. The third kappa shape index (κ3) is 7.27. The van der Waals surface area contributed by atoms with Gasteiger partial charge < -0.3 is 58.5 Å². The van der Waals surface area contributed by atoms with Gasteiger partial charge in [0.05, 0.1) is 48.3 Å². The molecule has 4 N–H and O–H groups in total. The van der Waals surface area contributed by atoms with Crippen molar-refractivity contribution in [2.75, 3.05) is 26.7 Å². The maximum absolute atomic E-state index is 12.6. The molecular formula is C42H67NO12. The summed E-state index contributed by atoms with van der Waals surface area (Å²) in [6.45, 7) is 12.1. The molecule has 4 aliphatic heterocycles. The number of rotatable bonds is 7. The molecule has 19 atom stereocenters. The first-order valence-electron chi connectivity index (χ1n) is 21.3. The highest BCUT2D eigenvalue weighted by atomic mass is 16.7. The van der Waals surface area contributed by atoms with Crippen molar-refractivity contribution in [3.05, 3.63) is 11.6 Å². The van der Waals surface area contributed by atoms with E-state index in [1.54, 1.807) is 6.08 Å². The lowest BCUT2D eigenvalue weighted by Crippen LogP contribution is -2.67. The number of esters is 1. The lowest BCUT2D eigenvalue weighted by atomic mass is 9.42. The molecule has 7 fully saturated rings. The van der Waals surface area contributed by atoms with Crippen molar-refractivity contribution in [3.63, 3.8) is 0 Å². The molecule has 55 heavy (non-hydrogen) atoms. The second kappa shape index (κ2) is 15.4. The Balaban J connectivity index is 0.837. The van der Waals surface area contributed by atoms with Crippen LogP contribution in [-0.2, 0) is 38.0 Å². The molecule has 8 aliphatic rings. The molecule has 0 aromatic carbocycles. The van der Waals surface area contributed by atoms with E-state index in [-0.39, 0.29) is 60.8 Å². The molecule has 8 rings (SSSR count). The summed E-state index contributed by atoms with van der Waals surface area (Å²) >= 11 is 0. The van der Waals surface area contributed by atoms with Crippen molar-refractivity contribution in [2.45, 2.75) is 185 Å². The van der Waals surface area contributed by atoms with Crippen LogP contribution in [0.15, 0.2) is 11.6 Å². The van der Waals surface area contributed by atoms with Crippen LogP contribution in [0.3, 0.4) is 0 Å². The Morgan fingerprint density at radius 3 is 2.11 bits per heavy atom. The van der Waals surface area contributed by atoms with Crippen molar-refractivity contribution < 1.29 is 58.4 Å². The predicted molar refractivity (Wildman–Crippen MR) is 198 cm³/mol. The summed E-state index contributed by atoms with van der Waals surface area (Å²) in [5.41, 5.74) is -0.831. The van der Waals surface area contributed by atoms with Gasteiger partial charge in [-0.15, -0.1) is 0 Å². The van der Waals surface area contributed by atoms with E-state index in [1.165, 1.54) is 0 Å². The van der Waals surface area contributed by atoms with E-state index in [0.29, 0.717) is 25.2 Å². The zero-order chi connectivity index (χ0) is 39.0. The quantitative estimate of drug-likeness (QED) is 0.220. The summed E-state index contributed by atoms with van der Waals surface area (Å²) in [4.78, 5) is 14.2. The topological polar surface area (TPSA) is 166 Å². The molecule has 3 saturated heterocycles. The third-order valence-electron chi connectivity index (χ3n) is 16.0. The molecule has 0 amide bonds. The minimum absolute atomic E-state index is 0.0171. The van der Waals surface area contributed by atoms with Gasteiger partial charge in [-0.05, 0) is 114 Å². The van der Waals surface area contributed by atoms with E-state index in [2.05, 4.69) is 25.8 Å². The number of carbonyl (C=O) groups excluding carboxylic acids is 1. The Bertz CT molecular complexity index is 1410. The standard InChI is InChI=1S/C42H67NO12/c1-22-20-43(6)14-11-35(50-22)54-38-23(2)52-37(19-32(38)45)55-39-24(3)51-36(18-31(39)44)53-27-9-12-40(4)26(16-27)7-8-29-30(40)17-33(46)41(5)28(10-13-42(29,41)48)25-15-34(47)49-21-25/h15,22-24,26-33,35-39,44-46,48H,7-14,16-21H2,1-6H3/t22?,23-,24-,26?,27-,28+,29?,30?,31-,32-,33-,35?,36-,37-,38+,39+,40-,41-,42-/m0/s1. The van der Waals surface area contributed by atoms with E-state index < -0.39 is 72.6 Å². The fraction of sp³-hybridized carbons (Fsp3) is 0.929. The number of hydrogen-bond acceptors (Lipinski definition) is 13. The average Bonchev–Trinajstić information content (AvgIpc) is 3.62. The van der Waals surface area contributed by atoms with Crippen LogP contribution in [-0.4, -0.2) is 137 Å². The Kier molecular flexibility index (Phi) is 11.4. The number of likely N-dealkylation sites (N-methyl/N-ethyl adjacent to an activating group) is 1. The van der Waals surface area contributed by atoms with E-state index in [9.17, 15) is 25.2 Å². The monoisotopic (exact) mass is 777 g/mol. The number of aliphatic hydroxyl groups is 4. The van der Waals surface area contributed by atoms with Gasteiger partial charge in [-0.3, -0.25) is 0 Å². The van der Waals surface area contributed by atoms with Crippen molar-refractivity contribution in [3.8, 4) is 0 Å². The van der Waals surface area contributed by atoms with Crippen LogP contribution in [0.2, 0.25) is 0 Å². The van der Waals surface area contributed by atoms with E-state index >= 15 is 0 Å². The van der Waals surface area contributed by atoms with E-state index in [0.717, 1.165) is 57.2 Å². The summed E-state index contributed by atoms with van der Waals surface area (Å²) in [5.74, 6) is 0.284. The van der Waals surface area contributed by atoms with Gasteiger partial charge >= 0.3 is 5.97 Å². The number of ether oxygens (including phenoxy) is 7. The van der Waals surface area contributed by atoms with Crippen molar-refractivity contribution in [2.24, 2.45) is 34.5 Å². The third-order valence-corrected chi connectivity index (χ3v) is 16.0. The first-order valence-corrected chi connectivity index (χ1v) is 21.3. The number of cyclic esters (lactones) is 1. The van der Waals surface area contributed by atoms with Gasteiger partial charge in [0.15, 0.2) is 18.9 Å². The lowest BCUT2D eigenvalue weighted by molar-refractivity contribution is -0.329. The maximum Gasteiger partial charge on any atom is 0.331 e. The average molecular weight is 778 g/mol. The summed E-state index contributed by atoms with van der Waals surface area (Å²) in [5, 5.41) is 46.9. The lowest BCUT2D eigenvalue weighted by Gasteiger charge is -2.65. The normalized spacial score (nSPS) is 53.4. The molecule has 0 aromatic rings. The number of fused-ring (bicyclic) bond motifs is 5. The van der Waals surface area contributed by atoms with Gasteiger partial charge in [0, 0.05) is 43.8 Å². The van der Waals surface area contributed by atoms with Crippen molar-refractivity contribution in [1.29, 1.82) is 0 Å². The smallest absolute Gasteiger partial charge is 0.331 e. The summed E-state index contributed by atoms with van der Waals surface area (Å²) in [6.07, 6.45) is 3.23. The second-order valence-corrected chi connectivity index (χ2v) is 19.2. The zero-order valence-electron chi connectivity index (χ0n) is 33.7. The molecule has 4 aliphatic carbocycles. The largest absolute Gasteiger partial charge is 0.458 e. The summed E-state index contributed by atoms with van der Waals surface area (Å²) in [7, 11) is 2.06. The Hall–Kier alpha value is -1.23. The zero-order valence-corrected chi connectivity index (χ0v) is 33.7. The molecule has 312 valence electrons. The first kappa shape index (κ1) is 40.5. The number of aliphatic hydroxyl groups excluding tert-OH is 3. The Morgan fingerprint density at radius 2 is 1.45 bits per heavy atom. The Morgan fingerprint density at radius 1 is 0.782 bits per heavy atom. The number of hydrogen-bond donors (Lipinski definition) is 4. The van der Waals surface area contributed by atoms with Gasteiger partial charge in [-0.1, -0.05) is 13.8 Å². The van der Waals surface area contributed by atoms with Crippen LogP contribution >= 0.6 is 0 Å². The predicted octanol–water partition coefficient (Wildman–Crippen LogP) is 3.43. The minimum Gasteiger partial charge on any atom is -0.458 e. The SMILES string of the molecule is CC1CN(C)CCC(O[C@@H]2[C@H](C)O[C@@H](O[C@@H]3[C@H](C)O[C@@H](O[C@H]4CC[C@@]5(C)C(CCC6C5C[C@H](O)[C@]5(C)[C@@H](C7=CC(=O)OC7)CC[C@]65O)C4)C[C@@H]3O)C[C@@H]2O)O1. The van der Waals surface area contributed by atoms with Crippen LogP contribution in [0.25, 0.3) is 0 Å². The summed E-state index contributed by atoms with van der Waals surface area (Å²) in [6, 6.07) is 0. The van der Waals surface area contributed by atoms with Crippen molar-refractivity contribution in [1.82, 2.24) is 4.90 Å². The fourth-order valence-electron chi connectivity index (χ4n) is 13.0. The van der Waals surface area contributed by atoms with Crippen LogP contribution in [0.1, 0.15) is 105 Å². The van der Waals surface area contributed by atoms with Gasteiger partial charge in [0.2, 0.25) is 0 Å². The minimum atomic E-state index is -0.997. The second-order valence-electron chi connectivity index (χ2n) is 19.2. The first-order chi connectivity index (χ1) is 26.1. The molecule has 0 radical (unpaired) electrons. The van der Waals surface area contributed by atoms with Gasteiger partial charge in [-0.2, -0.15) is 0 Å². The molecule has 4 heterocycles. The van der Waals surface area contributed by atoms with Crippen LogP contribution in [0, 0.1) is 34.5 Å². The van der Waals surface area contributed by atoms with Crippen LogP contribution < -0.4 is 0 Å². The van der Waals surface area contributed by atoms with Gasteiger partial charge in [0.25, 0.3) is 0 Å². The Labute approximate surface area is 326 Å². The molecule has 0 aromatic heterocycles. The van der Waals surface area contributed by atoms with Crippen LogP contribution in [0.5, 0.6) is 0 Å². The fourth-order valence-corrected chi connectivity index (χ4v) is 13.0.